The first-order valence-corrected chi connectivity index (χ1v) is 9.75. The Morgan fingerprint density at radius 2 is 2.07 bits per heavy atom. The number of nitrogens with zero attached hydrogens (tertiary/aromatic N) is 2. The van der Waals surface area contributed by atoms with Crippen molar-refractivity contribution in [1.82, 2.24) is 14.9 Å². The molecule has 2 fully saturated rings. The third-order valence-corrected chi connectivity index (χ3v) is 5.52. The van der Waals surface area contributed by atoms with Crippen LogP contribution in [0.2, 0.25) is 0 Å². The number of rotatable bonds is 6. The van der Waals surface area contributed by atoms with Gasteiger partial charge in [-0.1, -0.05) is 0 Å². The number of ether oxygens (including phenoxy) is 2. The van der Waals surface area contributed by atoms with Gasteiger partial charge in [0.15, 0.2) is 0 Å². The zero-order valence-corrected chi connectivity index (χ0v) is 16.0. The van der Waals surface area contributed by atoms with Gasteiger partial charge >= 0.3 is 0 Å². The van der Waals surface area contributed by atoms with Crippen LogP contribution in [0, 0.1) is 6.92 Å². The molecule has 27 heavy (non-hydrogen) atoms. The summed E-state index contributed by atoms with van der Waals surface area (Å²) in [6, 6.07) is 5.86. The summed E-state index contributed by atoms with van der Waals surface area (Å²) < 4.78 is 13.5. The molecule has 4 rings (SSSR count). The number of carbonyl (C=O) groups excluding carboxylic acids is 1. The van der Waals surface area contributed by atoms with Crippen LogP contribution in [0.25, 0.3) is 0 Å². The maximum Gasteiger partial charge on any atom is 0.253 e. The molecular weight excluding hydrogens is 342 g/mol. The van der Waals surface area contributed by atoms with Crippen LogP contribution in [-0.4, -0.2) is 34.8 Å². The van der Waals surface area contributed by atoms with Gasteiger partial charge in [0.1, 0.15) is 6.10 Å². The molecule has 0 unspecified atom stereocenters. The first kappa shape index (κ1) is 18.0. The fourth-order valence-electron chi connectivity index (χ4n) is 3.59. The summed E-state index contributed by atoms with van der Waals surface area (Å²) in [6.45, 7) is 3.94. The Hall–Kier alpha value is -2.34. The van der Waals surface area contributed by atoms with Crippen LogP contribution < -0.4 is 10.1 Å². The van der Waals surface area contributed by atoms with Crippen molar-refractivity contribution >= 4 is 5.91 Å². The fourth-order valence-corrected chi connectivity index (χ4v) is 3.59. The summed E-state index contributed by atoms with van der Waals surface area (Å²) in [5.74, 6) is 1.21. The largest absolute Gasteiger partial charge is 0.474 e. The average Bonchev–Trinajstić information content (AvgIpc) is 3.48. The van der Waals surface area contributed by atoms with Crippen molar-refractivity contribution in [3.8, 4) is 5.88 Å². The van der Waals surface area contributed by atoms with Crippen LogP contribution in [0.5, 0.6) is 5.88 Å². The van der Waals surface area contributed by atoms with Crippen molar-refractivity contribution in [1.29, 1.82) is 0 Å². The van der Waals surface area contributed by atoms with Crippen LogP contribution in [0.1, 0.15) is 58.9 Å². The van der Waals surface area contributed by atoms with E-state index in [4.69, 9.17) is 9.47 Å². The van der Waals surface area contributed by atoms with Crippen LogP contribution >= 0.6 is 0 Å². The highest BCUT2D eigenvalue weighted by atomic mass is 16.5. The maximum absolute atomic E-state index is 12.7. The second kappa shape index (κ2) is 7.72. The quantitative estimate of drug-likeness (QED) is 0.850. The van der Waals surface area contributed by atoms with E-state index in [0.717, 1.165) is 42.9 Å². The summed E-state index contributed by atoms with van der Waals surface area (Å²) in [6.07, 6.45) is 6.12. The second-order valence-electron chi connectivity index (χ2n) is 7.52. The highest BCUT2D eigenvalue weighted by Crippen LogP contribution is 2.41. The molecule has 1 aliphatic heterocycles. The summed E-state index contributed by atoms with van der Waals surface area (Å²) in [7, 11) is 2.04. The molecule has 0 radical (unpaired) electrons. The van der Waals surface area contributed by atoms with Gasteiger partial charge < -0.3 is 19.4 Å². The lowest BCUT2D eigenvalue weighted by atomic mass is 10.1. The van der Waals surface area contributed by atoms with Crippen molar-refractivity contribution in [3.05, 3.63) is 46.9 Å². The molecule has 1 saturated heterocycles. The smallest absolute Gasteiger partial charge is 0.253 e. The van der Waals surface area contributed by atoms with Gasteiger partial charge in [-0.3, -0.25) is 4.79 Å². The molecule has 2 aliphatic rings. The predicted octanol–water partition coefficient (Wildman–Crippen LogP) is 3.09. The van der Waals surface area contributed by atoms with Gasteiger partial charge in [0.25, 0.3) is 5.91 Å². The lowest BCUT2D eigenvalue weighted by Crippen LogP contribution is -2.26. The van der Waals surface area contributed by atoms with Gasteiger partial charge in [0.2, 0.25) is 5.88 Å². The second-order valence-corrected chi connectivity index (χ2v) is 7.52. The molecule has 0 atom stereocenters. The third-order valence-electron chi connectivity index (χ3n) is 5.52. The van der Waals surface area contributed by atoms with E-state index in [1.165, 1.54) is 18.5 Å². The molecule has 1 aliphatic carbocycles. The molecule has 6 nitrogen and oxygen atoms in total. The Balaban J connectivity index is 1.37. The Kier molecular flexibility index (Phi) is 5.16. The van der Waals surface area contributed by atoms with E-state index in [0.29, 0.717) is 18.3 Å². The van der Waals surface area contributed by atoms with Gasteiger partial charge in [-0.05, 0) is 43.4 Å². The minimum absolute atomic E-state index is 0.0290. The Labute approximate surface area is 159 Å². The molecule has 0 bridgehead atoms. The maximum atomic E-state index is 12.7. The molecule has 1 saturated carbocycles. The number of hydrogen-bond donors (Lipinski definition) is 1. The topological polar surface area (TPSA) is 65.4 Å². The van der Waals surface area contributed by atoms with Gasteiger partial charge in [0.05, 0.1) is 18.8 Å². The van der Waals surface area contributed by atoms with Crippen molar-refractivity contribution in [2.75, 3.05) is 13.2 Å². The van der Waals surface area contributed by atoms with E-state index in [2.05, 4.69) is 20.9 Å². The van der Waals surface area contributed by atoms with Crippen LogP contribution in [0.4, 0.5) is 0 Å². The number of pyridine rings is 1. The Bertz CT molecular complexity index is 820. The molecule has 0 spiro atoms. The Morgan fingerprint density at radius 1 is 1.30 bits per heavy atom. The highest BCUT2D eigenvalue weighted by molar-refractivity contribution is 5.95. The van der Waals surface area contributed by atoms with E-state index >= 15 is 0 Å². The third kappa shape index (κ3) is 4.16. The number of hydrogen-bond acceptors (Lipinski definition) is 4. The molecule has 1 amide bonds. The molecule has 2 aromatic heterocycles. The number of carbonyl (C=O) groups is 1. The van der Waals surface area contributed by atoms with Crippen molar-refractivity contribution in [3.63, 3.8) is 0 Å². The van der Waals surface area contributed by atoms with Crippen molar-refractivity contribution in [2.24, 2.45) is 7.05 Å². The summed E-state index contributed by atoms with van der Waals surface area (Å²) in [5.41, 5.74) is 4.05. The van der Waals surface area contributed by atoms with E-state index in [-0.39, 0.29) is 12.0 Å². The molecule has 6 heteroatoms. The van der Waals surface area contributed by atoms with Crippen molar-refractivity contribution < 1.29 is 14.3 Å². The number of amides is 1. The zero-order chi connectivity index (χ0) is 18.8. The van der Waals surface area contributed by atoms with E-state index in [1.54, 1.807) is 6.20 Å². The minimum atomic E-state index is -0.0290. The number of nitrogens with one attached hydrogen (secondary N) is 1. The van der Waals surface area contributed by atoms with Crippen molar-refractivity contribution in [2.45, 2.75) is 51.2 Å². The van der Waals surface area contributed by atoms with Gasteiger partial charge in [-0.25, -0.2) is 4.98 Å². The van der Waals surface area contributed by atoms with E-state index in [1.807, 2.05) is 26.1 Å². The molecule has 3 heterocycles. The monoisotopic (exact) mass is 369 g/mol. The normalized spacial score (nSPS) is 17.7. The predicted molar refractivity (Wildman–Crippen MR) is 102 cm³/mol. The molecular formula is C21H27N3O3. The summed E-state index contributed by atoms with van der Waals surface area (Å²) in [5, 5.41) is 3.03. The highest BCUT2D eigenvalue weighted by Gasteiger charge is 2.28. The van der Waals surface area contributed by atoms with Crippen LogP contribution in [0.3, 0.4) is 0 Å². The number of aromatic nitrogens is 2. The lowest BCUT2D eigenvalue weighted by molar-refractivity contribution is 0.0237. The fraction of sp³-hybridized carbons (Fsp3) is 0.524. The first-order valence-electron chi connectivity index (χ1n) is 9.75. The van der Waals surface area contributed by atoms with Gasteiger partial charge in [-0.2, -0.15) is 0 Å². The van der Waals surface area contributed by atoms with Gasteiger partial charge in [-0.15, -0.1) is 0 Å². The first-order chi connectivity index (χ1) is 13.1. The molecule has 144 valence electrons. The summed E-state index contributed by atoms with van der Waals surface area (Å²) >= 11 is 0. The molecule has 0 aromatic carbocycles. The van der Waals surface area contributed by atoms with Crippen LogP contribution in [-0.2, 0) is 18.3 Å². The minimum Gasteiger partial charge on any atom is -0.474 e. The SMILES string of the molecule is Cc1c(C(=O)NCc2ccnc(OC3CCOCC3)c2)cc(C2CC2)n1C. The van der Waals surface area contributed by atoms with Crippen LogP contribution in [0.15, 0.2) is 24.4 Å². The summed E-state index contributed by atoms with van der Waals surface area (Å²) in [4.78, 5) is 17.0. The zero-order valence-electron chi connectivity index (χ0n) is 16.0. The molecule has 2 aromatic rings. The van der Waals surface area contributed by atoms with E-state index < -0.39 is 0 Å². The Morgan fingerprint density at radius 3 is 2.81 bits per heavy atom. The lowest BCUT2D eigenvalue weighted by Gasteiger charge is -2.22. The van der Waals surface area contributed by atoms with Gasteiger partial charge in [0, 0.05) is 50.1 Å². The average molecular weight is 369 g/mol. The van der Waals surface area contributed by atoms with E-state index in [9.17, 15) is 4.79 Å². The standard InChI is InChI=1S/C21H27N3O3/c1-14-18(12-19(24(14)2)16-3-4-16)21(25)23-13-15-5-8-22-20(11-15)27-17-6-9-26-10-7-17/h5,8,11-12,16-17H,3-4,6-7,9-10,13H2,1-2H3,(H,23,25). The molecule has 1 N–H and O–H groups in total.